The molecular weight excluding hydrogens is 158 g/mol. The lowest BCUT2D eigenvalue weighted by Gasteiger charge is -2.12. The van der Waals surface area contributed by atoms with Crippen molar-refractivity contribution in [3.8, 4) is 0 Å². The van der Waals surface area contributed by atoms with Gasteiger partial charge < -0.3 is 9.64 Å². The monoisotopic (exact) mass is 169 g/mol. The number of carbonyl (C=O) groups excluding carboxylic acids is 2. The molecule has 0 saturated carbocycles. The van der Waals surface area contributed by atoms with Gasteiger partial charge in [-0.25, -0.2) is 4.79 Å². The van der Waals surface area contributed by atoms with Gasteiger partial charge in [-0.1, -0.05) is 13.2 Å². The van der Waals surface area contributed by atoms with Crippen LogP contribution in [-0.4, -0.2) is 23.3 Å². The Bertz CT molecular complexity index is 210. The van der Waals surface area contributed by atoms with E-state index in [0.717, 1.165) is 11.2 Å². The zero-order chi connectivity index (χ0) is 9.56. The molecule has 0 radical (unpaired) electrons. The summed E-state index contributed by atoms with van der Waals surface area (Å²) in [6, 6.07) is 0. The standard InChI is InChI=1S/C8H11NO3/c1-4-9(7(3)10)6-8(11)12-5-2/h4-5H,1-2,6H2,3H3. The third-order valence-electron chi connectivity index (χ3n) is 1.14. The molecule has 0 aliphatic heterocycles. The van der Waals surface area contributed by atoms with Crippen LogP contribution in [0, 0.1) is 0 Å². The molecule has 12 heavy (non-hydrogen) atoms. The summed E-state index contributed by atoms with van der Waals surface area (Å²) in [5.74, 6) is -0.800. The lowest BCUT2D eigenvalue weighted by molar-refractivity contribution is -0.142. The van der Waals surface area contributed by atoms with E-state index < -0.39 is 5.97 Å². The van der Waals surface area contributed by atoms with E-state index in [1.165, 1.54) is 13.1 Å². The van der Waals surface area contributed by atoms with Gasteiger partial charge in [0, 0.05) is 13.1 Å². The predicted octanol–water partition coefficient (Wildman–Crippen LogP) is 0.665. The van der Waals surface area contributed by atoms with E-state index in [9.17, 15) is 9.59 Å². The predicted molar refractivity (Wildman–Crippen MR) is 43.9 cm³/mol. The third kappa shape index (κ3) is 3.55. The van der Waals surface area contributed by atoms with Gasteiger partial charge in [0.1, 0.15) is 6.54 Å². The minimum absolute atomic E-state index is 0.134. The van der Waals surface area contributed by atoms with Crippen LogP contribution in [0.5, 0.6) is 0 Å². The minimum Gasteiger partial charge on any atom is -0.434 e. The van der Waals surface area contributed by atoms with Gasteiger partial charge in [-0.15, -0.1) is 0 Å². The molecule has 4 nitrogen and oxygen atoms in total. The van der Waals surface area contributed by atoms with E-state index in [4.69, 9.17) is 0 Å². The molecule has 0 bridgehead atoms. The van der Waals surface area contributed by atoms with Crippen molar-refractivity contribution in [2.24, 2.45) is 0 Å². The summed E-state index contributed by atoms with van der Waals surface area (Å²) in [4.78, 5) is 22.7. The van der Waals surface area contributed by atoms with Gasteiger partial charge in [0.15, 0.2) is 0 Å². The summed E-state index contributed by atoms with van der Waals surface area (Å²) in [6.07, 6.45) is 2.29. The van der Waals surface area contributed by atoms with E-state index >= 15 is 0 Å². The highest BCUT2D eigenvalue weighted by Crippen LogP contribution is 1.91. The van der Waals surface area contributed by atoms with Gasteiger partial charge in [0.05, 0.1) is 6.26 Å². The topological polar surface area (TPSA) is 46.6 Å². The van der Waals surface area contributed by atoms with Crippen molar-refractivity contribution < 1.29 is 14.3 Å². The average Bonchev–Trinajstić information content (AvgIpc) is 2.00. The molecule has 0 rings (SSSR count). The van der Waals surface area contributed by atoms with Gasteiger partial charge in [0.2, 0.25) is 5.91 Å². The van der Waals surface area contributed by atoms with Crippen LogP contribution in [0.4, 0.5) is 0 Å². The van der Waals surface area contributed by atoms with Gasteiger partial charge in [-0.05, 0) is 0 Å². The van der Waals surface area contributed by atoms with Crippen molar-refractivity contribution in [2.45, 2.75) is 6.92 Å². The smallest absolute Gasteiger partial charge is 0.330 e. The van der Waals surface area contributed by atoms with Crippen LogP contribution >= 0.6 is 0 Å². The zero-order valence-electron chi connectivity index (χ0n) is 6.95. The van der Waals surface area contributed by atoms with Crippen molar-refractivity contribution in [3.05, 3.63) is 25.6 Å². The van der Waals surface area contributed by atoms with Crippen LogP contribution in [0.25, 0.3) is 0 Å². The molecular formula is C8H11NO3. The SMILES string of the molecule is C=COC(=O)CN(C=C)C(C)=O. The van der Waals surface area contributed by atoms with Crippen LogP contribution in [0.2, 0.25) is 0 Å². The summed E-state index contributed by atoms with van der Waals surface area (Å²) in [5, 5.41) is 0. The Hall–Kier alpha value is -1.58. The Morgan fingerprint density at radius 1 is 1.50 bits per heavy atom. The minimum atomic E-state index is -0.542. The number of carbonyl (C=O) groups is 2. The van der Waals surface area contributed by atoms with Crippen LogP contribution < -0.4 is 0 Å². The maximum Gasteiger partial charge on any atom is 0.330 e. The fourth-order valence-corrected chi connectivity index (χ4v) is 0.574. The number of hydrogen-bond donors (Lipinski definition) is 0. The molecule has 0 saturated heterocycles. The third-order valence-corrected chi connectivity index (χ3v) is 1.14. The normalized spacial score (nSPS) is 8.42. The molecule has 0 spiro atoms. The second-order valence-electron chi connectivity index (χ2n) is 1.99. The van der Waals surface area contributed by atoms with Gasteiger partial charge in [-0.3, -0.25) is 4.79 Å². The quantitative estimate of drug-likeness (QED) is 0.459. The van der Waals surface area contributed by atoms with Crippen molar-refractivity contribution in [3.63, 3.8) is 0 Å². The Morgan fingerprint density at radius 3 is 2.42 bits per heavy atom. The number of amides is 1. The molecule has 0 heterocycles. The van der Waals surface area contributed by atoms with E-state index in [1.807, 2.05) is 0 Å². The Kier molecular flexibility index (Phi) is 4.45. The van der Waals surface area contributed by atoms with Crippen molar-refractivity contribution in [1.29, 1.82) is 0 Å². The van der Waals surface area contributed by atoms with Crippen LogP contribution in [0.1, 0.15) is 6.92 Å². The highest BCUT2D eigenvalue weighted by molar-refractivity contribution is 5.81. The summed E-state index contributed by atoms with van der Waals surface area (Å²) >= 11 is 0. The highest BCUT2D eigenvalue weighted by atomic mass is 16.5. The summed E-state index contributed by atoms with van der Waals surface area (Å²) in [7, 11) is 0. The Labute approximate surface area is 71.1 Å². The molecule has 0 N–H and O–H groups in total. The van der Waals surface area contributed by atoms with E-state index in [1.54, 1.807) is 0 Å². The van der Waals surface area contributed by atoms with E-state index in [-0.39, 0.29) is 12.5 Å². The van der Waals surface area contributed by atoms with E-state index in [2.05, 4.69) is 17.9 Å². The summed E-state index contributed by atoms with van der Waals surface area (Å²) in [6.45, 7) is 7.78. The first-order valence-corrected chi connectivity index (χ1v) is 3.32. The lowest BCUT2D eigenvalue weighted by atomic mass is 10.5. The van der Waals surface area contributed by atoms with E-state index in [0.29, 0.717) is 0 Å². The first kappa shape index (κ1) is 10.4. The summed E-state index contributed by atoms with van der Waals surface area (Å²) < 4.78 is 4.41. The highest BCUT2D eigenvalue weighted by Gasteiger charge is 2.09. The van der Waals surface area contributed by atoms with Gasteiger partial charge in [-0.2, -0.15) is 0 Å². The Balaban J connectivity index is 4.02. The number of ether oxygens (including phenoxy) is 1. The molecule has 0 aromatic rings. The molecule has 0 aliphatic carbocycles. The lowest BCUT2D eigenvalue weighted by Crippen LogP contribution is -2.29. The Morgan fingerprint density at radius 2 is 2.08 bits per heavy atom. The van der Waals surface area contributed by atoms with Crippen LogP contribution in [-0.2, 0) is 14.3 Å². The number of hydrogen-bond acceptors (Lipinski definition) is 3. The molecule has 66 valence electrons. The molecule has 0 unspecified atom stereocenters. The molecule has 4 heteroatoms. The van der Waals surface area contributed by atoms with Gasteiger partial charge >= 0.3 is 5.97 Å². The van der Waals surface area contributed by atoms with Gasteiger partial charge in [0.25, 0.3) is 0 Å². The molecule has 0 aliphatic rings. The van der Waals surface area contributed by atoms with Crippen LogP contribution in [0.3, 0.4) is 0 Å². The second-order valence-corrected chi connectivity index (χ2v) is 1.99. The van der Waals surface area contributed by atoms with Crippen molar-refractivity contribution >= 4 is 11.9 Å². The van der Waals surface area contributed by atoms with Crippen molar-refractivity contribution in [2.75, 3.05) is 6.54 Å². The first-order valence-electron chi connectivity index (χ1n) is 3.32. The number of esters is 1. The first-order chi connectivity index (χ1) is 5.61. The second kappa shape index (κ2) is 5.12. The average molecular weight is 169 g/mol. The fourth-order valence-electron chi connectivity index (χ4n) is 0.574. The number of nitrogens with zero attached hydrogens (tertiary/aromatic N) is 1. The zero-order valence-corrected chi connectivity index (χ0v) is 6.95. The van der Waals surface area contributed by atoms with Crippen LogP contribution in [0.15, 0.2) is 25.6 Å². The fraction of sp³-hybridized carbons (Fsp3) is 0.250. The molecule has 1 amide bonds. The molecule has 0 aromatic carbocycles. The summed E-state index contributed by atoms with van der Waals surface area (Å²) in [5.41, 5.74) is 0. The largest absolute Gasteiger partial charge is 0.434 e. The molecule has 0 fully saturated rings. The maximum atomic E-state index is 10.8. The number of rotatable bonds is 4. The van der Waals surface area contributed by atoms with Crippen molar-refractivity contribution in [1.82, 2.24) is 4.90 Å². The molecule has 0 aromatic heterocycles. The maximum absolute atomic E-state index is 10.8. The molecule has 0 atom stereocenters.